The minimum absolute atomic E-state index is 0.0746. The lowest BCUT2D eigenvalue weighted by Gasteiger charge is -2.13. The van der Waals surface area contributed by atoms with Crippen LogP contribution in [0, 0.1) is 0 Å². The molecule has 0 aliphatic heterocycles. The molecule has 0 spiro atoms. The number of rotatable bonds is 2. The van der Waals surface area contributed by atoms with Gasteiger partial charge >= 0.3 is 5.97 Å². The molecule has 0 saturated heterocycles. The molecule has 0 radical (unpaired) electrons. The van der Waals surface area contributed by atoms with Gasteiger partial charge in [-0.15, -0.1) is 0 Å². The number of nitrogens with zero attached hydrogens (tertiary/aromatic N) is 1. The van der Waals surface area contributed by atoms with E-state index < -0.39 is 5.97 Å². The van der Waals surface area contributed by atoms with Crippen molar-refractivity contribution in [3.63, 3.8) is 0 Å². The topological polar surface area (TPSA) is 59.3 Å². The molecule has 80 valence electrons. The van der Waals surface area contributed by atoms with E-state index in [4.69, 9.17) is 5.11 Å². The molecule has 2 rings (SSSR count). The summed E-state index contributed by atoms with van der Waals surface area (Å²) in [4.78, 5) is 22.7. The predicted molar refractivity (Wildman–Crippen MR) is 54.3 cm³/mol. The van der Waals surface area contributed by atoms with Gasteiger partial charge in [0.15, 0.2) is 5.78 Å². The van der Waals surface area contributed by atoms with Crippen LogP contribution in [0.2, 0.25) is 0 Å². The second kappa shape index (κ2) is 3.53. The van der Waals surface area contributed by atoms with Crippen LogP contribution in [0.15, 0.2) is 6.07 Å². The Morgan fingerprint density at radius 1 is 1.53 bits per heavy atom. The SMILES string of the molecule is CCn1c(C(=O)O)cc2c1C(=O)CCC2. The molecular formula is C11H13NO3. The second-order valence-corrected chi connectivity index (χ2v) is 3.73. The molecule has 1 heterocycles. The summed E-state index contributed by atoms with van der Waals surface area (Å²) in [5.41, 5.74) is 1.74. The zero-order valence-electron chi connectivity index (χ0n) is 8.62. The summed E-state index contributed by atoms with van der Waals surface area (Å²) in [7, 11) is 0. The summed E-state index contributed by atoms with van der Waals surface area (Å²) in [6.45, 7) is 2.39. The number of carboxylic acid groups (broad SMARTS) is 1. The second-order valence-electron chi connectivity index (χ2n) is 3.73. The minimum Gasteiger partial charge on any atom is -0.477 e. The van der Waals surface area contributed by atoms with Gasteiger partial charge in [0.05, 0.1) is 5.69 Å². The van der Waals surface area contributed by atoms with Gasteiger partial charge in [0.1, 0.15) is 5.69 Å². The van der Waals surface area contributed by atoms with E-state index >= 15 is 0 Å². The Labute approximate surface area is 87.5 Å². The quantitative estimate of drug-likeness (QED) is 0.803. The van der Waals surface area contributed by atoms with Crippen LogP contribution in [0.4, 0.5) is 0 Å². The van der Waals surface area contributed by atoms with Crippen molar-refractivity contribution in [1.29, 1.82) is 0 Å². The Hall–Kier alpha value is -1.58. The Morgan fingerprint density at radius 2 is 2.27 bits per heavy atom. The van der Waals surface area contributed by atoms with Crippen molar-refractivity contribution < 1.29 is 14.7 Å². The summed E-state index contributed by atoms with van der Waals surface area (Å²) >= 11 is 0. The van der Waals surface area contributed by atoms with E-state index in [1.165, 1.54) is 0 Å². The molecule has 1 aromatic heterocycles. The van der Waals surface area contributed by atoms with Gasteiger partial charge in [0, 0.05) is 13.0 Å². The molecule has 0 saturated carbocycles. The molecule has 1 aliphatic rings. The molecule has 0 fully saturated rings. The maximum Gasteiger partial charge on any atom is 0.352 e. The first-order valence-electron chi connectivity index (χ1n) is 5.14. The first kappa shape index (κ1) is 9.96. The average Bonchev–Trinajstić information content (AvgIpc) is 2.57. The van der Waals surface area contributed by atoms with Gasteiger partial charge in [-0.05, 0) is 31.4 Å². The summed E-state index contributed by atoms with van der Waals surface area (Å²) < 4.78 is 1.61. The van der Waals surface area contributed by atoms with Crippen molar-refractivity contribution in [1.82, 2.24) is 4.57 Å². The summed E-state index contributed by atoms with van der Waals surface area (Å²) in [5, 5.41) is 9.00. The third kappa shape index (κ3) is 1.46. The van der Waals surface area contributed by atoms with E-state index in [0.29, 0.717) is 18.7 Å². The highest BCUT2D eigenvalue weighted by Crippen LogP contribution is 2.25. The predicted octanol–water partition coefficient (Wildman–Crippen LogP) is 1.73. The molecule has 0 amide bonds. The Morgan fingerprint density at radius 3 is 2.87 bits per heavy atom. The fourth-order valence-electron chi connectivity index (χ4n) is 2.19. The number of aryl methyl sites for hydroxylation is 1. The highest BCUT2D eigenvalue weighted by Gasteiger charge is 2.25. The molecule has 0 aromatic carbocycles. The van der Waals surface area contributed by atoms with E-state index in [1.54, 1.807) is 10.6 Å². The first-order valence-corrected chi connectivity index (χ1v) is 5.14. The molecule has 4 heteroatoms. The monoisotopic (exact) mass is 207 g/mol. The average molecular weight is 207 g/mol. The van der Waals surface area contributed by atoms with E-state index in [9.17, 15) is 9.59 Å². The van der Waals surface area contributed by atoms with Gasteiger partial charge in [-0.25, -0.2) is 4.79 Å². The fraction of sp³-hybridized carbons (Fsp3) is 0.455. The van der Waals surface area contributed by atoms with Crippen LogP contribution in [0.1, 0.15) is 46.3 Å². The van der Waals surface area contributed by atoms with Crippen molar-refractivity contribution in [3.05, 3.63) is 23.0 Å². The number of carboxylic acids is 1. The van der Waals surface area contributed by atoms with Gasteiger partial charge in [-0.2, -0.15) is 0 Å². The zero-order chi connectivity index (χ0) is 11.0. The molecule has 0 atom stereocenters. The number of ketones is 1. The maximum absolute atomic E-state index is 11.7. The molecule has 0 bridgehead atoms. The molecule has 0 unspecified atom stereocenters. The molecule has 4 nitrogen and oxygen atoms in total. The van der Waals surface area contributed by atoms with Gasteiger partial charge in [0.25, 0.3) is 0 Å². The molecule has 15 heavy (non-hydrogen) atoms. The van der Waals surface area contributed by atoms with Crippen LogP contribution < -0.4 is 0 Å². The van der Waals surface area contributed by atoms with Crippen LogP contribution >= 0.6 is 0 Å². The third-order valence-corrected chi connectivity index (χ3v) is 2.83. The molecule has 1 N–H and O–H groups in total. The number of aromatic carboxylic acids is 1. The largest absolute Gasteiger partial charge is 0.477 e. The van der Waals surface area contributed by atoms with Gasteiger partial charge in [-0.1, -0.05) is 0 Å². The minimum atomic E-state index is -0.959. The number of carbonyl (C=O) groups excluding carboxylic acids is 1. The fourth-order valence-corrected chi connectivity index (χ4v) is 2.19. The lowest BCUT2D eigenvalue weighted by Crippen LogP contribution is -2.17. The van der Waals surface area contributed by atoms with Gasteiger partial charge in [0.2, 0.25) is 0 Å². The Kier molecular flexibility index (Phi) is 2.34. The van der Waals surface area contributed by atoms with Crippen LogP contribution in [0.3, 0.4) is 0 Å². The standard InChI is InChI=1S/C11H13NO3/c1-2-12-8(11(14)15)6-7-4-3-5-9(13)10(7)12/h6H,2-5H2,1H3,(H,14,15). The number of Topliss-reactive ketones (excluding diaryl/α,β-unsaturated/α-hetero) is 1. The van der Waals surface area contributed by atoms with Crippen molar-refractivity contribution in [2.24, 2.45) is 0 Å². The molecule has 1 aliphatic carbocycles. The lowest BCUT2D eigenvalue weighted by molar-refractivity contribution is 0.0685. The molecular weight excluding hydrogens is 194 g/mol. The number of carbonyl (C=O) groups is 2. The molecule has 1 aromatic rings. The third-order valence-electron chi connectivity index (χ3n) is 2.83. The number of hydrogen-bond donors (Lipinski definition) is 1. The Balaban J connectivity index is 2.62. The summed E-state index contributed by atoms with van der Waals surface area (Å²) in [6.07, 6.45) is 2.18. The van der Waals surface area contributed by atoms with Crippen molar-refractivity contribution in [2.45, 2.75) is 32.7 Å². The summed E-state index contributed by atoms with van der Waals surface area (Å²) in [5.74, 6) is -0.885. The number of fused-ring (bicyclic) bond motifs is 1. The van der Waals surface area contributed by atoms with Gasteiger partial charge < -0.3 is 9.67 Å². The number of aromatic nitrogens is 1. The zero-order valence-corrected chi connectivity index (χ0v) is 8.62. The summed E-state index contributed by atoms with van der Waals surface area (Å²) in [6, 6.07) is 1.64. The van der Waals surface area contributed by atoms with Crippen molar-refractivity contribution in [2.75, 3.05) is 0 Å². The van der Waals surface area contributed by atoms with Crippen LogP contribution in [-0.2, 0) is 13.0 Å². The van der Waals surface area contributed by atoms with E-state index in [0.717, 1.165) is 18.4 Å². The highest BCUT2D eigenvalue weighted by molar-refractivity contribution is 5.99. The van der Waals surface area contributed by atoms with Crippen LogP contribution in [-0.4, -0.2) is 21.4 Å². The van der Waals surface area contributed by atoms with E-state index in [-0.39, 0.29) is 11.5 Å². The smallest absolute Gasteiger partial charge is 0.352 e. The lowest BCUT2D eigenvalue weighted by atomic mass is 9.97. The highest BCUT2D eigenvalue weighted by atomic mass is 16.4. The Bertz CT molecular complexity index is 431. The van der Waals surface area contributed by atoms with Crippen molar-refractivity contribution >= 4 is 11.8 Å². The van der Waals surface area contributed by atoms with Crippen molar-refractivity contribution in [3.8, 4) is 0 Å². The van der Waals surface area contributed by atoms with E-state index in [1.807, 2.05) is 6.92 Å². The maximum atomic E-state index is 11.7. The van der Waals surface area contributed by atoms with Crippen LogP contribution in [0.25, 0.3) is 0 Å². The normalized spacial score (nSPS) is 15.1. The first-order chi connectivity index (χ1) is 7.15. The van der Waals surface area contributed by atoms with Crippen LogP contribution in [0.5, 0.6) is 0 Å². The van der Waals surface area contributed by atoms with Gasteiger partial charge in [-0.3, -0.25) is 4.79 Å². The number of hydrogen-bond acceptors (Lipinski definition) is 2. The van der Waals surface area contributed by atoms with E-state index in [2.05, 4.69) is 0 Å².